The van der Waals surface area contributed by atoms with Crippen molar-refractivity contribution in [3.8, 4) is 5.69 Å². The van der Waals surface area contributed by atoms with Gasteiger partial charge in [-0.3, -0.25) is 14.5 Å². The summed E-state index contributed by atoms with van der Waals surface area (Å²) >= 11 is 1.19. The average Bonchev–Trinajstić information content (AvgIpc) is 3.40. The van der Waals surface area contributed by atoms with Crippen molar-refractivity contribution < 1.29 is 31.0 Å². The zero-order valence-electron chi connectivity index (χ0n) is 23.1. The van der Waals surface area contributed by atoms with E-state index in [1.54, 1.807) is 16.8 Å². The Hall–Kier alpha value is -2.72. The van der Waals surface area contributed by atoms with Crippen LogP contribution in [-0.4, -0.2) is 111 Å². The second kappa shape index (κ2) is 12.6. The van der Waals surface area contributed by atoms with E-state index in [1.807, 2.05) is 31.3 Å². The van der Waals surface area contributed by atoms with Crippen molar-refractivity contribution in [1.82, 2.24) is 29.7 Å². The molecule has 0 atom stereocenters. The molecule has 3 heterocycles. The second-order valence-electron chi connectivity index (χ2n) is 10.4. The van der Waals surface area contributed by atoms with Gasteiger partial charge in [0.2, 0.25) is 0 Å². The maximum atomic E-state index is 13.0. The molecular formula is C28H36N8O2Zn. The van der Waals surface area contributed by atoms with Crippen LogP contribution in [0.2, 0.25) is 0 Å². The average molecular weight is 582 g/mol. The van der Waals surface area contributed by atoms with Gasteiger partial charge in [0, 0.05) is 17.7 Å². The molecule has 1 saturated heterocycles. The molecule has 10 nitrogen and oxygen atoms in total. The van der Waals surface area contributed by atoms with Gasteiger partial charge in [-0.25, -0.2) is 0 Å². The van der Waals surface area contributed by atoms with Crippen LogP contribution in [0.25, 0.3) is 21.8 Å². The third-order valence-electron chi connectivity index (χ3n) is 7.64. The number of imide groups is 1. The predicted octanol–water partition coefficient (Wildman–Crippen LogP) is 2.68. The number of hydrogen-bond donors (Lipinski definition) is 0. The number of benzene rings is 2. The molecule has 0 spiro atoms. The molecule has 0 saturated carbocycles. The van der Waals surface area contributed by atoms with E-state index in [1.165, 1.54) is 23.0 Å². The summed E-state index contributed by atoms with van der Waals surface area (Å²) in [5.41, 5.74) is 2.82. The monoisotopic (exact) mass is 580 g/mol. The molecule has 1 fully saturated rings. The van der Waals surface area contributed by atoms with Crippen molar-refractivity contribution in [2.24, 2.45) is 0 Å². The fraction of sp³-hybridized carbons (Fsp3) is 0.500. The standard InChI is InChI=1S/C28H36N8O2.Zn/c1-3-35-27(37)23-8-4-7-22-25(10-9-24(26(22)23)28(35)38)36-20-21(31-32-36)19-34-16-6-12-29-13-17-33(2)15-5-11-30-14-18-34;/h4,7-10,20H,3,5-6,11-19H2,1-2H3;/q-2;+2. The summed E-state index contributed by atoms with van der Waals surface area (Å²) in [6.45, 7) is 11.0. The SMILES string of the molecule is CCN1C(=O)c2cccc3c(-n4cc(CN5CCC[N+](=[Zn])CCN(C)CCC[N-]CC5)nn4)ccc(c23)C1=O. The number of hydrogen-bond acceptors (Lipinski definition) is 6. The van der Waals surface area contributed by atoms with Crippen LogP contribution in [0.3, 0.4) is 0 Å². The van der Waals surface area contributed by atoms with Crippen molar-refractivity contribution in [2.45, 2.75) is 26.3 Å². The van der Waals surface area contributed by atoms with Gasteiger partial charge in [0.15, 0.2) is 0 Å². The summed E-state index contributed by atoms with van der Waals surface area (Å²) in [4.78, 5) is 32.1. The minimum Gasteiger partial charge on any atom is -0.269 e. The first-order chi connectivity index (χ1) is 19.0. The van der Waals surface area contributed by atoms with Gasteiger partial charge in [0.1, 0.15) is 0 Å². The number of amides is 2. The van der Waals surface area contributed by atoms with Gasteiger partial charge in [-0.2, -0.15) is 0 Å². The predicted molar refractivity (Wildman–Crippen MR) is 145 cm³/mol. The molecule has 11 heteroatoms. The van der Waals surface area contributed by atoms with Crippen molar-refractivity contribution >= 4 is 22.6 Å². The van der Waals surface area contributed by atoms with Gasteiger partial charge in [-0.1, -0.05) is 6.07 Å². The fourth-order valence-electron chi connectivity index (χ4n) is 5.44. The summed E-state index contributed by atoms with van der Waals surface area (Å²) in [7, 11) is 2.21. The minimum absolute atomic E-state index is 0.246. The van der Waals surface area contributed by atoms with Crippen molar-refractivity contribution in [2.75, 3.05) is 66.0 Å². The van der Waals surface area contributed by atoms with Crippen LogP contribution in [0.5, 0.6) is 0 Å². The summed E-state index contributed by atoms with van der Waals surface area (Å²) in [5, 5.41) is 15.2. The first-order valence-electron chi connectivity index (χ1n) is 13.9. The molecule has 2 aliphatic rings. The van der Waals surface area contributed by atoms with E-state index in [0.29, 0.717) is 29.6 Å². The summed E-state index contributed by atoms with van der Waals surface area (Å²) in [6.07, 6.45) is 4.18. The molecule has 2 aliphatic heterocycles. The second-order valence-corrected chi connectivity index (χ2v) is 12.3. The Morgan fingerprint density at radius 1 is 0.974 bits per heavy atom. The molecule has 0 bridgehead atoms. The molecule has 3 aromatic rings. The molecule has 0 N–H and O–H groups in total. The van der Waals surface area contributed by atoms with Crippen LogP contribution in [-0.2, 0) is 24.7 Å². The Morgan fingerprint density at radius 3 is 2.62 bits per heavy atom. The van der Waals surface area contributed by atoms with E-state index in [9.17, 15) is 9.59 Å². The Morgan fingerprint density at radius 2 is 1.79 bits per heavy atom. The van der Waals surface area contributed by atoms with Gasteiger partial charge in [-0.15, -0.1) is 0 Å². The number of rotatable bonds is 4. The molecule has 0 unspecified atom stereocenters. The molecule has 202 valence electrons. The summed E-state index contributed by atoms with van der Waals surface area (Å²) in [5.74, 6) is -0.492. The van der Waals surface area contributed by atoms with Crippen molar-refractivity contribution in [3.63, 3.8) is 0 Å². The van der Waals surface area contributed by atoms with E-state index < -0.39 is 0 Å². The van der Waals surface area contributed by atoms with E-state index in [-0.39, 0.29) is 11.8 Å². The number of carbonyl (C=O) groups excluding carboxylic acids is 2. The van der Waals surface area contributed by atoms with E-state index >= 15 is 0 Å². The van der Waals surface area contributed by atoms with Crippen LogP contribution in [0.15, 0.2) is 36.5 Å². The molecular weight excluding hydrogens is 546 g/mol. The molecule has 0 radical (unpaired) electrons. The maximum absolute atomic E-state index is 13.0. The molecule has 2 amide bonds. The van der Waals surface area contributed by atoms with Crippen LogP contribution in [0, 0.1) is 0 Å². The molecule has 5 rings (SSSR count). The Bertz CT molecular complexity index is 1350. The smallest absolute Gasteiger partial charge is 0.269 e. The number of nitrogens with zero attached hydrogens (tertiary/aromatic N) is 8. The molecule has 39 heavy (non-hydrogen) atoms. The first-order valence-corrected chi connectivity index (χ1v) is 15.2. The van der Waals surface area contributed by atoms with Crippen LogP contribution < -0.4 is 0 Å². The summed E-state index contributed by atoms with van der Waals surface area (Å²) < 4.78 is 4.30. The zero-order chi connectivity index (χ0) is 27.4. The fourth-order valence-corrected chi connectivity index (χ4v) is 6.20. The van der Waals surface area contributed by atoms with Gasteiger partial charge in [0.25, 0.3) is 11.8 Å². The van der Waals surface area contributed by atoms with E-state index in [0.717, 1.165) is 82.0 Å². The number of carbonyl (C=O) groups is 2. The number of aromatic nitrogens is 3. The van der Waals surface area contributed by atoms with Crippen LogP contribution >= 0.6 is 0 Å². The normalized spacial score (nSPS) is 19.1. The Kier molecular flexibility index (Phi) is 9.02. The third-order valence-corrected chi connectivity index (χ3v) is 8.96. The first kappa shape index (κ1) is 27.8. The van der Waals surface area contributed by atoms with E-state index in [4.69, 9.17) is 5.32 Å². The molecule has 1 aromatic heterocycles. The summed E-state index contributed by atoms with van der Waals surface area (Å²) in [6, 6.07) is 9.31. The van der Waals surface area contributed by atoms with Crippen LogP contribution in [0.1, 0.15) is 46.2 Å². The van der Waals surface area contributed by atoms with E-state index in [2.05, 4.69) is 30.4 Å². The quantitative estimate of drug-likeness (QED) is 0.348. The van der Waals surface area contributed by atoms with Gasteiger partial charge in [-0.05, 0) is 13.0 Å². The number of likely N-dealkylation sites (N-methyl/N-ethyl adjacent to an activating group) is 1. The topological polar surface area (TPSA) is 91.7 Å². The molecule has 2 aromatic carbocycles. The third kappa shape index (κ3) is 6.22. The van der Waals surface area contributed by atoms with Gasteiger partial charge in [0.05, 0.1) is 0 Å². The van der Waals surface area contributed by atoms with Crippen molar-refractivity contribution in [1.29, 1.82) is 0 Å². The van der Waals surface area contributed by atoms with Crippen molar-refractivity contribution in [3.05, 3.63) is 58.7 Å². The van der Waals surface area contributed by atoms with Crippen LogP contribution in [0.4, 0.5) is 0 Å². The zero-order valence-corrected chi connectivity index (χ0v) is 26.0. The Balaban J connectivity index is 1.34. The Labute approximate surface area is 239 Å². The van der Waals surface area contributed by atoms with Gasteiger partial charge >= 0.3 is 177 Å². The minimum atomic E-state index is -0.246. The van der Waals surface area contributed by atoms with Gasteiger partial charge < -0.3 is 0 Å². The molecule has 0 aliphatic carbocycles.